The van der Waals surface area contributed by atoms with E-state index >= 15 is 0 Å². The summed E-state index contributed by atoms with van der Waals surface area (Å²) in [6, 6.07) is 7.15. The third kappa shape index (κ3) is 5.09. The molecule has 1 aromatic rings. The number of carbonyl (C=O) groups is 1. The van der Waals surface area contributed by atoms with E-state index in [4.69, 9.17) is 5.26 Å². The number of benzene rings is 1. The average molecular weight is 289 g/mol. The van der Waals surface area contributed by atoms with Crippen LogP contribution in [0.4, 0.5) is 5.69 Å². The Kier molecular flexibility index (Phi) is 6.19. The number of amides is 1. The monoisotopic (exact) mass is 289 g/mol. The largest absolute Gasteiger partial charge is 0.389 e. The first-order valence-corrected chi connectivity index (χ1v) is 7.05. The highest BCUT2D eigenvalue weighted by Gasteiger charge is 2.15. The van der Waals surface area contributed by atoms with E-state index in [9.17, 15) is 9.90 Å². The maximum absolute atomic E-state index is 11.9. The number of hydrogen-bond acceptors (Lipinski definition) is 4. The fraction of sp³-hybridized carbons (Fsp3) is 0.500. The van der Waals surface area contributed by atoms with Crippen molar-refractivity contribution in [3.63, 3.8) is 0 Å². The van der Waals surface area contributed by atoms with E-state index in [1.54, 1.807) is 37.1 Å². The third-order valence-corrected chi connectivity index (χ3v) is 3.11. The second-order valence-corrected chi connectivity index (χ2v) is 5.62. The maximum Gasteiger partial charge on any atom is 0.239 e. The molecule has 114 valence electrons. The van der Waals surface area contributed by atoms with Crippen LogP contribution in [0.5, 0.6) is 0 Å². The Labute approximate surface area is 126 Å². The number of aliphatic hydroxyl groups excluding tert-OH is 1. The van der Waals surface area contributed by atoms with Gasteiger partial charge in [0.15, 0.2) is 0 Å². The molecule has 0 saturated carbocycles. The summed E-state index contributed by atoms with van der Waals surface area (Å²) in [6.07, 6.45) is -0.658. The zero-order valence-electron chi connectivity index (χ0n) is 13.1. The molecule has 0 aliphatic rings. The van der Waals surface area contributed by atoms with Gasteiger partial charge >= 0.3 is 0 Å². The second kappa shape index (κ2) is 7.65. The first-order valence-electron chi connectivity index (χ1n) is 7.05. The number of hydrogen-bond donors (Lipinski definition) is 2. The minimum atomic E-state index is -0.658. The van der Waals surface area contributed by atoms with Gasteiger partial charge in [-0.15, -0.1) is 0 Å². The molecule has 1 rings (SSSR count). The summed E-state index contributed by atoms with van der Waals surface area (Å²) in [4.78, 5) is 13.6. The van der Waals surface area contributed by atoms with Gasteiger partial charge < -0.3 is 15.3 Å². The van der Waals surface area contributed by atoms with E-state index < -0.39 is 6.10 Å². The summed E-state index contributed by atoms with van der Waals surface area (Å²) in [5.41, 5.74) is 1.90. The van der Waals surface area contributed by atoms with E-state index in [1.165, 1.54) is 0 Å². The topological polar surface area (TPSA) is 76.4 Å². The summed E-state index contributed by atoms with van der Waals surface area (Å²) >= 11 is 0. The number of carbonyl (C=O) groups excluding carboxylic acids is 1. The lowest BCUT2D eigenvalue weighted by molar-refractivity contribution is -0.119. The quantitative estimate of drug-likeness (QED) is 0.837. The number of nitrogens with zero attached hydrogens (tertiary/aromatic N) is 2. The van der Waals surface area contributed by atoms with Gasteiger partial charge in [0.2, 0.25) is 5.91 Å². The fourth-order valence-electron chi connectivity index (χ4n) is 1.97. The molecule has 0 spiro atoms. The van der Waals surface area contributed by atoms with E-state index in [1.807, 2.05) is 13.8 Å². The van der Waals surface area contributed by atoms with Gasteiger partial charge in [0.05, 0.1) is 24.3 Å². The Morgan fingerprint density at radius 1 is 1.43 bits per heavy atom. The average Bonchev–Trinajstić information content (AvgIpc) is 2.44. The minimum Gasteiger partial charge on any atom is -0.389 e. The van der Waals surface area contributed by atoms with Gasteiger partial charge in [-0.05, 0) is 25.0 Å². The summed E-state index contributed by atoms with van der Waals surface area (Å²) in [5, 5.41) is 21.7. The lowest BCUT2D eigenvalue weighted by Gasteiger charge is -2.23. The van der Waals surface area contributed by atoms with Crippen LogP contribution in [-0.2, 0) is 4.79 Å². The van der Waals surface area contributed by atoms with Crippen LogP contribution < -0.4 is 10.2 Å². The molecule has 2 N–H and O–H groups in total. The molecule has 1 unspecified atom stereocenters. The Morgan fingerprint density at radius 2 is 2.10 bits per heavy atom. The molecule has 21 heavy (non-hydrogen) atoms. The number of aliphatic hydroxyl groups is 1. The van der Waals surface area contributed by atoms with E-state index in [-0.39, 0.29) is 12.5 Å². The lowest BCUT2D eigenvalue weighted by Crippen LogP contribution is -2.37. The van der Waals surface area contributed by atoms with Crippen molar-refractivity contribution in [2.45, 2.75) is 26.9 Å². The van der Waals surface area contributed by atoms with Crippen molar-refractivity contribution in [1.29, 1.82) is 5.26 Å². The Hall–Kier alpha value is -2.06. The van der Waals surface area contributed by atoms with Gasteiger partial charge in [-0.1, -0.05) is 19.9 Å². The molecule has 1 atom stereocenters. The molecule has 5 heteroatoms. The van der Waals surface area contributed by atoms with Crippen LogP contribution in [0.25, 0.3) is 0 Å². The predicted octanol–water partition coefficient (Wildman–Crippen LogP) is 1.82. The van der Waals surface area contributed by atoms with Crippen LogP contribution >= 0.6 is 0 Å². The molecule has 0 fully saturated rings. The first-order chi connectivity index (χ1) is 9.85. The summed E-state index contributed by atoms with van der Waals surface area (Å²) < 4.78 is 0. The molecular formula is C16H23N3O2. The molecule has 0 bridgehead atoms. The van der Waals surface area contributed by atoms with Crippen molar-refractivity contribution in [2.24, 2.45) is 5.92 Å². The van der Waals surface area contributed by atoms with Gasteiger partial charge in [-0.2, -0.15) is 5.26 Å². The molecule has 5 nitrogen and oxygen atoms in total. The molecule has 0 aliphatic carbocycles. The van der Waals surface area contributed by atoms with Crippen molar-refractivity contribution in [2.75, 3.05) is 25.0 Å². The molecule has 1 aromatic carbocycles. The van der Waals surface area contributed by atoms with Crippen molar-refractivity contribution in [1.82, 2.24) is 5.32 Å². The summed E-state index contributed by atoms with van der Waals surface area (Å²) in [5.74, 6) is 0.319. The standard InChI is InChI=1S/C16H23N3O2/c1-11(2)9-18-16(21)10-19(4)15-7-13(8-17)5-6-14(15)12(3)20/h5-7,11-12,20H,9-10H2,1-4H3,(H,18,21). The minimum absolute atomic E-state index is 0.0786. The maximum atomic E-state index is 11.9. The number of rotatable bonds is 6. The van der Waals surface area contributed by atoms with Gasteiger partial charge in [-0.3, -0.25) is 4.79 Å². The van der Waals surface area contributed by atoms with Crippen molar-refractivity contribution >= 4 is 11.6 Å². The Morgan fingerprint density at radius 3 is 2.62 bits per heavy atom. The van der Waals surface area contributed by atoms with Crippen molar-refractivity contribution in [3.05, 3.63) is 29.3 Å². The number of likely N-dealkylation sites (N-methyl/N-ethyl adjacent to an activating group) is 1. The van der Waals surface area contributed by atoms with Crippen LogP contribution in [0.3, 0.4) is 0 Å². The smallest absolute Gasteiger partial charge is 0.239 e. The zero-order valence-corrected chi connectivity index (χ0v) is 13.1. The number of nitriles is 1. The van der Waals surface area contributed by atoms with E-state index in [0.29, 0.717) is 29.3 Å². The van der Waals surface area contributed by atoms with E-state index in [2.05, 4.69) is 11.4 Å². The highest BCUT2D eigenvalue weighted by Crippen LogP contribution is 2.26. The fourth-order valence-corrected chi connectivity index (χ4v) is 1.97. The molecule has 0 radical (unpaired) electrons. The molecule has 0 heterocycles. The van der Waals surface area contributed by atoms with Gasteiger partial charge in [0.25, 0.3) is 0 Å². The number of nitrogens with one attached hydrogen (secondary N) is 1. The zero-order chi connectivity index (χ0) is 16.0. The lowest BCUT2D eigenvalue weighted by atomic mass is 10.0. The van der Waals surface area contributed by atoms with Crippen LogP contribution in [0.1, 0.15) is 38.0 Å². The highest BCUT2D eigenvalue weighted by atomic mass is 16.3. The van der Waals surface area contributed by atoms with Gasteiger partial charge in [0, 0.05) is 24.8 Å². The SMILES string of the molecule is CC(C)CNC(=O)CN(C)c1cc(C#N)ccc1C(C)O. The number of anilines is 1. The van der Waals surface area contributed by atoms with Crippen LogP contribution in [0, 0.1) is 17.2 Å². The second-order valence-electron chi connectivity index (χ2n) is 5.62. The van der Waals surface area contributed by atoms with Gasteiger partial charge in [0.1, 0.15) is 0 Å². The summed E-state index contributed by atoms with van der Waals surface area (Å²) in [7, 11) is 1.78. The summed E-state index contributed by atoms with van der Waals surface area (Å²) in [6.45, 7) is 6.55. The first kappa shape index (κ1) is 17.0. The highest BCUT2D eigenvalue weighted by molar-refractivity contribution is 5.81. The van der Waals surface area contributed by atoms with E-state index in [0.717, 1.165) is 0 Å². The van der Waals surface area contributed by atoms with Crippen LogP contribution in [0.15, 0.2) is 18.2 Å². The Bertz CT molecular complexity index is 533. The van der Waals surface area contributed by atoms with Crippen molar-refractivity contribution in [3.8, 4) is 6.07 Å². The van der Waals surface area contributed by atoms with Crippen LogP contribution in [-0.4, -0.2) is 31.2 Å². The molecule has 0 aromatic heterocycles. The molecule has 1 amide bonds. The molecular weight excluding hydrogens is 266 g/mol. The van der Waals surface area contributed by atoms with Crippen LogP contribution in [0.2, 0.25) is 0 Å². The molecule has 0 saturated heterocycles. The van der Waals surface area contributed by atoms with Gasteiger partial charge in [-0.25, -0.2) is 0 Å². The predicted molar refractivity (Wildman–Crippen MR) is 82.9 cm³/mol. The Balaban J connectivity index is 2.88. The third-order valence-electron chi connectivity index (χ3n) is 3.11. The normalized spacial score (nSPS) is 11.9. The molecule has 0 aliphatic heterocycles. The van der Waals surface area contributed by atoms with Crippen molar-refractivity contribution < 1.29 is 9.90 Å².